The molecule has 1 aliphatic heterocycles. The SMILES string of the molecule is Cn1cc(C(=O)O)c([C@H]2CCCN(C(=O)OC(C)(C)C)C2)n1. The van der Waals surface area contributed by atoms with Crippen LogP contribution in [0.4, 0.5) is 4.79 Å². The number of rotatable bonds is 2. The summed E-state index contributed by atoms with van der Waals surface area (Å²) in [5.41, 5.74) is 0.211. The molecule has 2 heterocycles. The van der Waals surface area contributed by atoms with Crippen molar-refractivity contribution in [2.45, 2.75) is 45.1 Å². The van der Waals surface area contributed by atoms with Crippen molar-refractivity contribution < 1.29 is 19.4 Å². The molecule has 1 aromatic heterocycles. The summed E-state index contributed by atoms with van der Waals surface area (Å²) in [6, 6.07) is 0. The molecule has 7 nitrogen and oxygen atoms in total. The second-order valence-electron chi connectivity index (χ2n) is 6.67. The first kappa shape index (κ1) is 16.3. The van der Waals surface area contributed by atoms with Crippen LogP contribution in [0.1, 0.15) is 55.6 Å². The van der Waals surface area contributed by atoms with Crippen molar-refractivity contribution in [3.8, 4) is 0 Å². The van der Waals surface area contributed by atoms with Crippen molar-refractivity contribution in [3.05, 3.63) is 17.5 Å². The normalized spacial score (nSPS) is 19.1. The van der Waals surface area contributed by atoms with Crippen LogP contribution >= 0.6 is 0 Å². The zero-order valence-corrected chi connectivity index (χ0v) is 13.5. The number of aromatic nitrogens is 2. The van der Waals surface area contributed by atoms with E-state index < -0.39 is 11.6 Å². The van der Waals surface area contributed by atoms with E-state index in [0.717, 1.165) is 12.8 Å². The molecular weight excluding hydrogens is 286 g/mol. The van der Waals surface area contributed by atoms with Crippen LogP contribution in [-0.4, -0.2) is 50.5 Å². The standard InChI is InChI=1S/C15H23N3O4/c1-15(2,3)22-14(21)18-7-5-6-10(8-18)12-11(13(19)20)9-17(4)16-12/h9-10H,5-8H2,1-4H3,(H,19,20)/t10-/m0/s1. The van der Waals surface area contributed by atoms with Gasteiger partial charge in [0.05, 0.1) is 5.69 Å². The first-order valence-electron chi connectivity index (χ1n) is 7.42. The Morgan fingerprint density at radius 3 is 2.68 bits per heavy atom. The Bertz CT molecular complexity index is 574. The van der Waals surface area contributed by atoms with Crippen molar-refractivity contribution in [2.75, 3.05) is 13.1 Å². The maximum Gasteiger partial charge on any atom is 0.410 e. The number of carboxylic acids is 1. The predicted molar refractivity (Wildman–Crippen MR) is 79.9 cm³/mol. The minimum Gasteiger partial charge on any atom is -0.478 e. The smallest absolute Gasteiger partial charge is 0.410 e. The van der Waals surface area contributed by atoms with Crippen molar-refractivity contribution in [2.24, 2.45) is 7.05 Å². The van der Waals surface area contributed by atoms with Gasteiger partial charge in [-0.3, -0.25) is 4.68 Å². The number of aryl methyl sites for hydroxylation is 1. The minimum absolute atomic E-state index is 0.0754. The van der Waals surface area contributed by atoms with Crippen LogP contribution in [0.15, 0.2) is 6.20 Å². The van der Waals surface area contributed by atoms with Crippen molar-refractivity contribution in [1.29, 1.82) is 0 Å². The highest BCUT2D eigenvalue weighted by molar-refractivity contribution is 5.88. The third kappa shape index (κ3) is 3.78. The molecule has 0 bridgehead atoms. The Labute approximate surface area is 129 Å². The van der Waals surface area contributed by atoms with Gasteiger partial charge < -0.3 is 14.7 Å². The predicted octanol–water partition coefficient (Wildman–Crippen LogP) is 2.23. The van der Waals surface area contributed by atoms with E-state index in [2.05, 4.69) is 5.10 Å². The van der Waals surface area contributed by atoms with E-state index >= 15 is 0 Å². The first-order chi connectivity index (χ1) is 10.2. The molecule has 1 N–H and O–H groups in total. The second kappa shape index (κ2) is 5.98. The summed E-state index contributed by atoms with van der Waals surface area (Å²) < 4.78 is 6.89. The number of amides is 1. The van der Waals surface area contributed by atoms with Crippen LogP contribution in [0.5, 0.6) is 0 Å². The number of likely N-dealkylation sites (tertiary alicyclic amines) is 1. The molecule has 122 valence electrons. The number of carboxylic acid groups (broad SMARTS) is 1. The van der Waals surface area contributed by atoms with Crippen LogP contribution in [0.25, 0.3) is 0 Å². The first-order valence-corrected chi connectivity index (χ1v) is 7.42. The quantitative estimate of drug-likeness (QED) is 0.905. The Morgan fingerprint density at radius 2 is 2.09 bits per heavy atom. The highest BCUT2D eigenvalue weighted by atomic mass is 16.6. The zero-order chi connectivity index (χ0) is 16.5. The Kier molecular flexibility index (Phi) is 4.44. The maximum atomic E-state index is 12.2. The summed E-state index contributed by atoms with van der Waals surface area (Å²) in [5, 5.41) is 13.6. The van der Waals surface area contributed by atoms with Crippen LogP contribution in [0.2, 0.25) is 0 Å². The number of hydrogen-bond donors (Lipinski definition) is 1. The van der Waals surface area contributed by atoms with Crippen LogP contribution in [-0.2, 0) is 11.8 Å². The second-order valence-corrected chi connectivity index (χ2v) is 6.67. The number of nitrogens with zero attached hydrogens (tertiary/aromatic N) is 3. The zero-order valence-electron chi connectivity index (χ0n) is 13.5. The van der Waals surface area contributed by atoms with Gasteiger partial charge in [0.25, 0.3) is 0 Å². The third-order valence-corrected chi connectivity index (χ3v) is 3.55. The maximum absolute atomic E-state index is 12.2. The fourth-order valence-electron chi connectivity index (χ4n) is 2.66. The number of aromatic carboxylic acids is 1. The largest absolute Gasteiger partial charge is 0.478 e. The van der Waals surface area contributed by atoms with E-state index in [4.69, 9.17) is 4.74 Å². The van der Waals surface area contributed by atoms with E-state index in [0.29, 0.717) is 18.8 Å². The van der Waals surface area contributed by atoms with E-state index in [-0.39, 0.29) is 17.6 Å². The molecule has 1 fully saturated rings. The van der Waals surface area contributed by atoms with Crippen molar-refractivity contribution in [1.82, 2.24) is 14.7 Å². The molecule has 0 spiro atoms. The van der Waals surface area contributed by atoms with Crippen molar-refractivity contribution >= 4 is 12.1 Å². The lowest BCUT2D eigenvalue weighted by molar-refractivity contribution is 0.0197. The van der Waals surface area contributed by atoms with Gasteiger partial charge >= 0.3 is 12.1 Å². The lowest BCUT2D eigenvalue weighted by Crippen LogP contribution is -2.42. The van der Waals surface area contributed by atoms with Gasteiger partial charge in [-0.05, 0) is 33.6 Å². The van der Waals surface area contributed by atoms with Gasteiger partial charge in [-0.15, -0.1) is 0 Å². The molecule has 1 aromatic rings. The van der Waals surface area contributed by atoms with E-state index in [9.17, 15) is 14.7 Å². The number of piperidine rings is 1. The number of ether oxygens (including phenoxy) is 1. The van der Waals surface area contributed by atoms with Crippen LogP contribution in [0.3, 0.4) is 0 Å². The monoisotopic (exact) mass is 309 g/mol. The molecular formula is C15H23N3O4. The van der Waals surface area contributed by atoms with Gasteiger partial charge in [0.1, 0.15) is 11.2 Å². The van der Waals surface area contributed by atoms with E-state index in [1.807, 2.05) is 20.8 Å². The summed E-state index contributed by atoms with van der Waals surface area (Å²) in [4.78, 5) is 25.1. The Morgan fingerprint density at radius 1 is 1.41 bits per heavy atom. The average Bonchev–Trinajstić information content (AvgIpc) is 2.79. The summed E-state index contributed by atoms with van der Waals surface area (Å²) in [6.07, 6.45) is 2.77. The van der Waals surface area contributed by atoms with E-state index in [1.54, 1.807) is 11.9 Å². The number of carbonyl (C=O) groups is 2. The Balaban J connectivity index is 2.14. The van der Waals surface area contributed by atoms with Crippen LogP contribution < -0.4 is 0 Å². The molecule has 1 aliphatic rings. The van der Waals surface area contributed by atoms with Gasteiger partial charge in [0.15, 0.2) is 0 Å². The van der Waals surface area contributed by atoms with Gasteiger partial charge in [-0.25, -0.2) is 9.59 Å². The highest BCUT2D eigenvalue weighted by Crippen LogP contribution is 2.29. The minimum atomic E-state index is -0.988. The van der Waals surface area contributed by atoms with Gasteiger partial charge in [-0.1, -0.05) is 0 Å². The van der Waals surface area contributed by atoms with Gasteiger partial charge in [0, 0.05) is 32.3 Å². The molecule has 1 amide bonds. The van der Waals surface area contributed by atoms with Crippen molar-refractivity contribution in [3.63, 3.8) is 0 Å². The lowest BCUT2D eigenvalue weighted by Gasteiger charge is -2.33. The molecule has 2 rings (SSSR count). The highest BCUT2D eigenvalue weighted by Gasteiger charge is 2.31. The number of carbonyl (C=O) groups excluding carboxylic acids is 1. The summed E-state index contributed by atoms with van der Waals surface area (Å²) in [6.45, 7) is 6.54. The summed E-state index contributed by atoms with van der Waals surface area (Å²) in [7, 11) is 1.70. The molecule has 0 aliphatic carbocycles. The summed E-state index contributed by atoms with van der Waals surface area (Å²) >= 11 is 0. The lowest BCUT2D eigenvalue weighted by atomic mass is 9.93. The molecule has 0 saturated carbocycles. The van der Waals surface area contributed by atoms with Gasteiger partial charge in [-0.2, -0.15) is 5.10 Å². The van der Waals surface area contributed by atoms with Gasteiger partial charge in [0.2, 0.25) is 0 Å². The fraction of sp³-hybridized carbons (Fsp3) is 0.667. The molecule has 0 radical (unpaired) electrons. The summed E-state index contributed by atoms with van der Waals surface area (Å²) in [5.74, 6) is -1.06. The molecule has 1 saturated heterocycles. The molecule has 22 heavy (non-hydrogen) atoms. The Hall–Kier alpha value is -2.05. The number of hydrogen-bond acceptors (Lipinski definition) is 4. The molecule has 0 unspecified atom stereocenters. The molecule has 1 atom stereocenters. The average molecular weight is 309 g/mol. The fourth-order valence-corrected chi connectivity index (χ4v) is 2.66. The molecule has 7 heteroatoms. The molecule has 0 aromatic carbocycles. The van der Waals surface area contributed by atoms with Crippen LogP contribution in [0, 0.1) is 0 Å². The topological polar surface area (TPSA) is 84.7 Å². The third-order valence-electron chi connectivity index (χ3n) is 3.55. The van der Waals surface area contributed by atoms with E-state index in [1.165, 1.54) is 10.9 Å².